The average molecular weight is 194 g/mol. The van der Waals surface area contributed by atoms with Gasteiger partial charge in [0.05, 0.1) is 0 Å². The van der Waals surface area contributed by atoms with Crippen molar-refractivity contribution in [1.82, 2.24) is 4.98 Å². The van der Waals surface area contributed by atoms with Crippen molar-refractivity contribution in [2.45, 2.75) is 0 Å². The highest BCUT2D eigenvalue weighted by atomic mass is 79.9. The Labute approximate surface area is 58.8 Å². The molecule has 0 aliphatic heterocycles. The molecule has 0 saturated carbocycles. The summed E-state index contributed by atoms with van der Waals surface area (Å²) in [6.07, 6.45) is 0. The van der Waals surface area contributed by atoms with Gasteiger partial charge in [0.1, 0.15) is 0 Å². The van der Waals surface area contributed by atoms with Crippen LogP contribution in [-0.4, -0.2) is 4.98 Å². The normalized spacial score (nSPS) is 9.67. The maximum Gasteiger partial charge on any atom is 0.216 e. The first-order valence-corrected chi connectivity index (χ1v) is 2.96. The molecule has 48 valence electrons. The SMILES string of the molecule is Fc1cc(Br)cc(F)n1. The summed E-state index contributed by atoms with van der Waals surface area (Å²) < 4.78 is 24.4. The lowest BCUT2D eigenvalue weighted by atomic mass is 10.5. The Morgan fingerprint density at radius 3 is 2.00 bits per heavy atom. The van der Waals surface area contributed by atoms with E-state index in [1.807, 2.05) is 0 Å². The minimum atomic E-state index is -0.818. The largest absolute Gasteiger partial charge is 0.216 e. The summed E-state index contributed by atoms with van der Waals surface area (Å²) in [6, 6.07) is 2.17. The van der Waals surface area contributed by atoms with Crippen molar-refractivity contribution in [3.8, 4) is 0 Å². The third-order valence-corrected chi connectivity index (χ3v) is 1.19. The Bertz CT molecular complexity index is 176. The fourth-order valence-corrected chi connectivity index (χ4v) is 0.814. The second-order valence-corrected chi connectivity index (χ2v) is 2.35. The van der Waals surface area contributed by atoms with Gasteiger partial charge in [0.2, 0.25) is 11.9 Å². The second-order valence-electron chi connectivity index (χ2n) is 1.43. The van der Waals surface area contributed by atoms with E-state index in [9.17, 15) is 8.78 Å². The van der Waals surface area contributed by atoms with Crippen LogP contribution >= 0.6 is 15.9 Å². The van der Waals surface area contributed by atoms with Gasteiger partial charge in [0, 0.05) is 16.6 Å². The summed E-state index contributed by atoms with van der Waals surface area (Å²) in [5.41, 5.74) is 0. The van der Waals surface area contributed by atoms with Crippen LogP contribution in [0.1, 0.15) is 0 Å². The lowest BCUT2D eigenvalue weighted by Crippen LogP contribution is -1.85. The highest BCUT2D eigenvalue weighted by Crippen LogP contribution is 2.10. The van der Waals surface area contributed by atoms with Crippen LogP contribution in [0.4, 0.5) is 8.78 Å². The molecule has 0 aromatic carbocycles. The summed E-state index contributed by atoms with van der Waals surface area (Å²) in [6.45, 7) is 0. The molecule has 1 rings (SSSR count). The first kappa shape index (κ1) is 6.61. The van der Waals surface area contributed by atoms with Crippen molar-refractivity contribution in [3.63, 3.8) is 0 Å². The Balaban J connectivity index is 3.17. The van der Waals surface area contributed by atoms with Crippen molar-refractivity contribution >= 4 is 15.9 Å². The molecule has 0 spiro atoms. The molecular formula is C5H2BrF2N. The van der Waals surface area contributed by atoms with E-state index in [4.69, 9.17) is 0 Å². The quantitative estimate of drug-likeness (QED) is 0.576. The third kappa shape index (κ3) is 1.71. The smallest absolute Gasteiger partial charge is 0.191 e. The molecule has 4 heteroatoms. The number of nitrogens with zero attached hydrogens (tertiary/aromatic N) is 1. The van der Waals surface area contributed by atoms with Crippen LogP contribution in [0.25, 0.3) is 0 Å². The van der Waals surface area contributed by atoms with E-state index in [-0.39, 0.29) is 0 Å². The zero-order valence-electron chi connectivity index (χ0n) is 4.24. The topological polar surface area (TPSA) is 12.9 Å². The van der Waals surface area contributed by atoms with E-state index < -0.39 is 11.9 Å². The monoisotopic (exact) mass is 193 g/mol. The van der Waals surface area contributed by atoms with Crippen LogP contribution in [0.2, 0.25) is 0 Å². The van der Waals surface area contributed by atoms with Crippen LogP contribution in [0.5, 0.6) is 0 Å². The van der Waals surface area contributed by atoms with Crippen LogP contribution in [0.3, 0.4) is 0 Å². The third-order valence-electron chi connectivity index (χ3n) is 0.728. The standard InChI is InChI=1S/C5H2BrF2N/c6-3-1-4(7)9-5(8)2-3/h1-2H. The zero-order valence-corrected chi connectivity index (χ0v) is 5.82. The fraction of sp³-hybridized carbons (Fsp3) is 0. The number of hydrogen-bond acceptors (Lipinski definition) is 1. The van der Waals surface area contributed by atoms with Crippen molar-refractivity contribution < 1.29 is 8.78 Å². The molecule has 1 aromatic heterocycles. The second kappa shape index (κ2) is 2.39. The Morgan fingerprint density at radius 2 is 1.67 bits per heavy atom. The van der Waals surface area contributed by atoms with Gasteiger partial charge in [-0.2, -0.15) is 13.8 Å². The average Bonchev–Trinajstić information content (AvgIpc) is 1.59. The van der Waals surface area contributed by atoms with E-state index in [1.165, 1.54) is 0 Å². The minimum Gasteiger partial charge on any atom is -0.191 e. The van der Waals surface area contributed by atoms with Crippen molar-refractivity contribution in [3.05, 3.63) is 28.5 Å². The van der Waals surface area contributed by atoms with Gasteiger partial charge in [-0.1, -0.05) is 15.9 Å². The van der Waals surface area contributed by atoms with Crippen LogP contribution in [0.15, 0.2) is 16.6 Å². The number of hydrogen-bond donors (Lipinski definition) is 0. The molecule has 0 aliphatic rings. The number of rotatable bonds is 0. The Hall–Kier alpha value is -0.510. The van der Waals surface area contributed by atoms with E-state index in [1.54, 1.807) is 0 Å². The highest BCUT2D eigenvalue weighted by Gasteiger charge is 1.96. The summed E-state index contributed by atoms with van der Waals surface area (Å²) in [5.74, 6) is -1.64. The van der Waals surface area contributed by atoms with Crippen LogP contribution in [-0.2, 0) is 0 Å². The number of pyridine rings is 1. The summed E-state index contributed by atoms with van der Waals surface area (Å²) in [5, 5.41) is 0. The molecule has 1 aromatic rings. The van der Waals surface area contributed by atoms with Crippen LogP contribution in [0, 0.1) is 11.9 Å². The molecule has 0 aliphatic carbocycles. The van der Waals surface area contributed by atoms with Gasteiger partial charge in [0.15, 0.2) is 0 Å². The predicted octanol–water partition coefficient (Wildman–Crippen LogP) is 2.12. The Morgan fingerprint density at radius 1 is 1.22 bits per heavy atom. The molecule has 0 saturated heterocycles. The van der Waals surface area contributed by atoms with Gasteiger partial charge in [-0.3, -0.25) is 0 Å². The number of halogens is 3. The zero-order chi connectivity index (χ0) is 6.85. The maximum atomic E-state index is 12.0. The number of aromatic nitrogens is 1. The maximum absolute atomic E-state index is 12.0. The van der Waals surface area contributed by atoms with Gasteiger partial charge in [-0.15, -0.1) is 0 Å². The molecule has 0 unspecified atom stereocenters. The first-order chi connectivity index (χ1) is 4.18. The summed E-state index contributed by atoms with van der Waals surface area (Å²) in [4.78, 5) is 2.87. The van der Waals surface area contributed by atoms with Gasteiger partial charge < -0.3 is 0 Å². The van der Waals surface area contributed by atoms with Gasteiger partial charge in [-0.25, -0.2) is 0 Å². The lowest BCUT2D eigenvalue weighted by Gasteiger charge is -1.88. The minimum absolute atomic E-state index is 0.354. The Kier molecular flexibility index (Phi) is 1.75. The summed E-state index contributed by atoms with van der Waals surface area (Å²) >= 11 is 2.89. The van der Waals surface area contributed by atoms with Crippen LogP contribution < -0.4 is 0 Å². The lowest BCUT2D eigenvalue weighted by molar-refractivity contribution is 0.511. The van der Waals surface area contributed by atoms with Crippen molar-refractivity contribution in [2.75, 3.05) is 0 Å². The molecular weight excluding hydrogens is 192 g/mol. The van der Waals surface area contributed by atoms with E-state index in [0.29, 0.717) is 4.47 Å². The highest BCUT2D eigenvalue weighted by molar-refractivity contribution is 9.10. The molecule has 0 bridgehead atoms. The predicted molar refractivity (Wildman–Crippen MR) is 31.9 cm³/mol. The molecule has 0 amide bonds. The van der Waals surface area contributed by atoms with Gasteiger partial charge in [0.25, 0.3) is 0 Å². The molecule has 0 N–H and O–H groups in total. The van der Waals surface area contributed by atoms with E-state index >= 15 is 0 Å². The summed E-state index contributed by atoms with van der Waals surface area (Å²) in [7, 11) is 0. The molecule has 0 radical (unpaired) electrons. The molecule has 9 heavy (non-hydrogen) atoms. The molecule has 1 nitrogen and oxygen atoms in total. The fourth-order valence-electron chi connectivity index (χ4n) is 0.436. The molecule has 1 heterocycles. The molecule has 0 atom stereocenters. The van der Waals surface area contributed by atoms with Gasteiger partial charge in [-0.05, 0) is 0 Å². The van der Waals surface area contributed by atoms with E-state index in [0.717, 1.165) is 12.1 Å². The van der Waals surface area contributed by atoms with Gasteiger partial charge >= 0.3 is 0 Å². The first-order valence-electron chi connectivity index (χ1n) is 2.17. The van der Waals surface area contributed by atoms with Crippen molar-refractivity contribution in [1.29, 1.82) is 0 Å². The molecule has 0 fully saturated rings. The van der Waals surface area contributed by atoms with Crippen molar-refractivity contribution in [2.24, 2.45) is 0 Å². The van der Waals surface area contributed by atoms with E-state index in [2.05, 4.69) is 20.9 Å².